The van der Waals surface area contributed by atoms with Crippen molar-refractivity contribution in [1.82, 2.24) is 10.6 Å². The van der Waals surface area contributed by atoms with Crippen LogP contribution in [-0.4, -0.2) is 76.6 Å². The van der Waals surface area contributed by atoms with E-state index in [1.54, 1.807) is 0 Å². The minimum Gasteiger partial charge on any atom is -0.481 e. The number of amides is 2. The Kier molecular flexibility index (Phi) is 13.2. The van der Waals surface area contributed by atoms with Gasteiger partial charge in [-0.25, -0.2) is 4.79 Å². The average molecular weight is 435 g/mol. The summed E-state index contributed by atoms with van der Waals surface area (Å²) in [4.78, 5) is 50.6. The summed E-state index contributed by atoms with van der Waals surface area (Å²) in [7, 11) is 0. The van der Waals surface area contributed by atoms with E-state index in [2.05, 4.69) is 15.6 Å². The van der Waals surface area contributed by atoms with Crippen LogP contribution < -0.4 is 27.8 Å². The molecule has 0 fully saturated rings. The number of rotatable bonds is 15. The topological polar surface area (TPSA) is 223 Å². The van der Waals surface area contributed by atoms with Crippen molar-refractivity contribution in [3.05, 3.63) is 0 Å². The molecule has 0 bridgehead atoms. The van der Waals surface area contributed by atoms with Crippen LogP contribution in [-0.2, 0) is 19.2 Å². The molecule has 3 atom stereocenters. The van der Waals surface area contributed by atoms with Gasteiger partial charge in [-0.1, -0.05) is 0 Å². The van der Waals surface area contributed by atoms with Gasteiger partial charge >= 0.3 is 11.9 Å². The maximum atomic E-state index is 12.5. The molecule has 12 nitrogen and oxygen atoms in total. The molecule has 0 saturated heterocycles. The van der Waals surface area contributed by atoms with Crippen molar-refractivity contribution >= 4 is 41.5 Å². The molecule has 13 heteroatoms. The van der Waals surface area contributed by atoms with Crippen LogP contribution in [0.4, 0.5) is 0 Å². The summed E-state index contributed by atoms with van der Waals surface area (Å²) in [6, 6.07) is -3.33. The maximum absolute atomic E-state index is 12.5. The molecule has 0 aliphatic rings. The van der Waals surface area contributed by atoms with Crippen LogP contribution in [0.2, 0.25) is 0 Å². The average Bonchev–Trinajstić information content (AvgIpc) is 2.64. The number of thioether (sulfide) groups is 1. The normalized spacial score (nSPS) is 13.6. The molecule has 0 saturated carbocycles. The van der Waals surface area contributed by atoms with Crippen molar-refractivity contribution in [3.8, 4) is 0 Å². The Balaban J connectivity index is 5.00. The summed E-state index contributed by atoms with van der Waals surface area (Å²) in [5.74, 6) is -3.33. The van der Waals surface area contributed by atoms with E-state index >= 15 is 0 Å². The molecule has 29 heavy (non-hydrogen) atoms. The SMILES string of the molecule is CSCCC(N)C(=O)NC(CCC(=O)O)C(=O)NC(CCCN=C(N)N)C(=O)O. The number of carboxylic acid groups (broad SMARTS) is 2. The predicted molar refractivity (Wildman–Crippen MR) is 109 cm³/mol. The van der Waals surface area contributed by atoms with Gasteiger partial charge in [0.05, 0.1) is 6.04 Å². The molecule has 166 valence electrons. The van der Waals surface area contributed by atoms with E-state index in [0.29, 0.717) is 18.6 Å². The van der Waals surface area contributed by atoms with E-state index in [-0.39, 0.29) is 31.8 Å². The molecular formula is C16H30N6O6S. The van der Waals surface area contributed by atoms with E-state index in [9.17, 15) is 24.3 Å². The lowest BCUT2D eigenvalue weighted by atomic mass is 10.1. The monoisotopic (exact) mass is 434 g/mol. The van der Waals surface area contributed by atoms with Crippen LogP contribution in [0.25, 0.3) is 0 Å². The van der Waals surface area contributed by atoms with E-state index in [4.69, 9.17) is 22.3 Å². The molecule has 0 radical (unpaired) electrons. The van der Waals surface area contributed by atoms with Crippen LogP contribution in [0.3, 0.4) is 0 Å². The van der Waals surface area contributed by atoms with Gasteiger partial charge < -0.3 is 38.0 Å². The predicted octanol–water partition coefficient (Wildman–Crippen LogP) is -1.96. The molecule has 0 aromatic rings. The highest BCUT2D eigenvalue weighted by Gasteiger charge is 2.28. The summed E-state index contributed by atoms with van der Waals surface area (Å²) in [5, 5.41) is 22.9. The summed E-state index contributed by atoms with van der Waals surface area (Å²) < 4.78 is 0. The molecule has 0 rings (SSSR count). The van der Waals surface area contributed by atoms with Gasteiger partial charge in [-0.15, -0.1) is 0 Å². The fourth-order valence-electron chi connectivity index (χ4n) is 2.22. The van der Waals surface area contributed by atoms with Gasteiger partial charge in [0.1, 0.15) is 12.1 Å². The molecule has 0 spiro atoms. The second kappa shape index (κ2) is 14.5. The van der Waals surface area contributed by atoms with E-state index in [0.717, 1.165) is 0 Å². The molecule has 10 N–H and O–H groups in total. The van der Waals surface area contributed by atoms with E-state index < -0.39 is 41.9 Å². The number of carboxylic acids is 2. The number of aliphatic imine (C=N–C) groups is 1. The van der Waals surface area contributed by atoms with Crippen molar-refractivity contribution < 1.29 is 29.4 Å². The Morgan fingerprint density at radius 2 is 1.62 bits per heavy atom. The van der Waals surface area contributed by atoms with Crippen LogP contribution in [0.1, 0.15) is 32.1 Å². The summed E-state index contributed by atoms with van der Waals surface area (Å²) in [6.07, 6.45) is 1.98. The minimum absolute atomic E-state index is 0.0463. The van der Waals surface area contributed by atoms with Crippen molar-refractivity contribution in [1.29, 1.82) is 0 Å². The minimum atomic E-state index is -1.27. The third-order valence-corrected chi connectivity index (χ3v) is 4.45. The van der Waals surface area contributed by atoms with Gasteiger partial charge in [0.15, 0.2) is 5.96 Å². The molecule has 3 unspecified atom stereocenters. The zero-order chi connectivity index (χ0) is 22.4. The zero-order valence-corrected chi connectivity index (χ0v) is 17.1. The summed E-state index contributed by atoms with van der Waals surface area (Å²) >= 11 is 1.50. The quantitative estimate of drug-likeness (QED) is 0.0855. The van der Waals surface area contributed by atoms with Crippen molar-refractivity contribution in [2.24, 2.45) is 22.2 Å². The number of hydrogen-bond acceptors (Lipinski definition) is 7. The fourth-order valence-corrected chi connectivity index (χ4v) is 2.71. The first-order valence-electron chi connectivity index (χ1n) is 8.93. The lowest BCUT2D eigenvalue weighted by Gasteiger charge is -2.22. The number of carbonyl (C=O) groups excluding carboxylic acids is 2. The number of nitrogens with one attached hydrogen (secondary N) is 2. The lowest BCUT2D eigenvalue weighted by molar-refractivity contribution is -0.143. The highest BCUT2D eigenvalue weighted by Crippen LogP contribution is 2.05. The largest absolute Gasteiger partial charge is 0.481 e. The first-order valence-corrected chi connectivity index (χ1v) is 10.3. The number of guanidine groups is 1. The third-order valence-electron chi connectivity index (χ3n) is 3.81. The molecule has 2 amide bonds. The Bertz CT molecular complexity index is 598. The Morgan fingerprint density at radius 3 is 2.14 bits per heavy atom. The summed E-state index contributed by atoms with van der Waals surface area (Å²) in [6.45, 7) is 0.186. The second-order valence-corrected chi connectivity index (χ2v) is 7.22. The highest BCUT2D eigenvalue weighted by molar-refractivity contribution is 7.98. The first-order chi connectivity index (χ1) is 13.6. The van der Waals surface area contributed by atoms with Gasteiger partial charge in [-0.3, -0.25) is 19.4 Å². The maximum Gasteiger partial charge on any atom is 0.326 e. The molecule has 0 heterocycles. The molecule has 0 aliphatic heterocycles. The zero-order valence-electron chi connectivity index (χ0n) is 16.3. The summed E-state index contributed by atoms with van der Waals surface area (Å²) in [5.41, 5.74) is 16.1. The fraction of sp³-hybridized carbons (Fsp3) is 0.688. The Morgan fingerprint density at radius 1 is 1.00 bits per heavy atom. The number of hydrogen-bond donors (Lipinski definition) is 7. The van der Waals surface area contributed by atoms with Crippen molar-refractivity contribution in [2.75, 3.05) is 18.6 Å². The molecule has 0 aromatic heterocycles. The lowest BCUT2D eigenvalue weighted by Crippen LogP contribution is -2.54. The van der Waals surface area contributed by atoms with Crippen LogP contribution in [0, 0.1) is 0 Å². The van der Waals surface area contributed by atoms with Crippen LogP contribution >= 0.6 is 11.8 Å². The van der Waals surface area contributed by atoms with Gasteiger partial charge in [-0.05, 0) is 37.7 Å². The van der Waals surface area contributed by atoms with Crippen LogP contribution in [0.15, 0.2) is 4.99 Å². The number of aliphatic carboxylic acids is 2. The number of nitrogens with two attached hydrogens (primary N) is 3. The van der Waals surface area contributed by atoms with E-state index in [1.807, 2.05) is 6.26 Å². The highest BCUT2D eigenvalue weighted by atomic mass is 32.2. The smallest absolute Gasteiger partial charge is 0.326 e. The van der Waals surface area contributed by atoms with Gasteiger partial charge in [0, 0.05) is 13.0 Å². The third kappa shape index (κ3) is 12.5. The first kappa shape index (κ1) is 26.5. The Labute approximate surface area is 173 Å². The standard InChI is InChI=1S/C16H30N6O6S/c1-29-8-6-9(17)13(25)21-10(4-5-12(23)24)14(26)22-11(15(27)28)3-2-7-20-16(18)19/h9-11H,2-8,17H2,1H3,(H,21,25)(H,22,26)(H,23,24)(H,27,28)(H4,18,19,20). The van der Waals surface area contributed by atoms with E-state index in [1.165, 1.54) is 11.8 Å². The Hall–Kier alpha value is -2.54. The molecule has 0 aliphatic carbocycles. The molecule has 0 aromatic carbocycles. The van der Waals surface area contributed by atoms with Crippen molar-refractivity contribution in [2.45, 2.75) is 50.2 Å². The molecular weight excluding hydrogens is 404 g/mol. The van der Waals surface area contributed by atoms with Crippen molar-refractivity contribution in [3.63, 3.8) is 0 Å². The number of nitrogens with zero attached hydrogens (tertiary/aromatic N) is 1. The second-order valence-electron chi connectivity index (χ2n) is 6.23. The van der Waals surface area contributed by atoms with Gasteiger partial charge in [-0.2, -0.15) is 11.8 Å². The van der Waals surface area contributed by atoms with Gasteiger partial charge in [0.25, 0.3) is 0 Å². The van der Waals surface area contributed by atoms with Gasteiger partial charge in [0.2, 0.25) is 11.8 Å². The number of carbonyl (C=O) groups is 4. The van der Waals surface area contributed by atoms with Crippen LogP contribution in [0.5, 0.6) is 0 Å².